The monoisotopic (exact) mass is 195 g/mol. The second kappa shape index (κ2) is 2.99. The lowest BCUT2D eigenvalue weighted by atomic mass is 10.3. The second-order valence-corrected chi connectivity index (χ2v) is 3.91. The van der Waals surface area contributed by atoms with Crippen LogP contribution in [0.5, 0.6) is 0 Å². The Bertz CT molecular complexity index is 453. The van der Waals surface area contributed by atoms with E-state index in [-0.39, 0.29) is 0 Å². The molecule has 0 fully saturated rings. The van der Waals surface area contributed by atoms with Gasteiger partial charge < -0.3 is 4.57 Å². The molecule has 0 bridgehead atoms. The van der Waals surface area contributed by atoms with Crippen LogP contribution < -0.4 is 0 Å². The fourth-order valence-corrected chi connectivity index (χ4v) is 2.53. The van der Waals surface area contributed by atoms with Crippen molar-refractivity contribution in [3.05, 3.63) is 28.4 Å². The molecule has 0 spiro atoms. The minimum atomic E-state index is 0.951. The van der Waals surface area contributed by atoms with Crippen molar-refractivity contribution in [1.82, 2.24) is 4.57 Å². The number of thiophene rings is 1. The van der Waals surface area contributed by atoms with Crippen molar-refractivity contribution < 1.29 is 0 Å². The van der Waals surface area contributed by atoms with Crippen LogP contribution in [0, 0.1) is 4.64 Å². The lowest BCUT2D eigenvalue weighted by Gasteiger charge is -2.01. The topological polar surface area (TPSA) is 4.93 Å². The van der Waals surface area contributed by atoms with E-state index in [4.69, 9.17) is 12.2 Å². The van der Waals surface area contributed by atoms with E-state index in [1.54, 1.807) is 11.3 Å². The van der Waals surface area contributed by atoms with Crippen molar-refractivity contribution in [3.63, 3.8) is 0 Å². The van der Waals surface area contributed by atoms with Gasteiger partial charge in [0.05, 0.1) is 4.70 Å². The zero-order chi connectivity index (χ0) is 8.55. The fraction of sp³-hybridized carbons (Fsp3) is 0.222. The summed E-state index contributed by atoms with van der Waals surface area (Å²) in [5, 5.41) is 3.34. The number of fused-ring (bicyclic) bond motifs is 1. The van der Waals surface area contributed by atoms with Crippen molar-refractivity contribution in [2.45, 2.75) is 13.5 Å². The highest BCUT2D eigenvalue weighted by atomic mass is 32.1. The maximum Gasteiger partial charge on any atom is 0.123 e. The molecule has 0 aliphatic heterocycles. The van der Waals surface area contributed by atoms with Gasteiger partial charge in [-0.2, -0.15) is 0 Å². The molecule has 0 atom stereocenters. The van der Waals surface area contributed by atoms with Crippen LogP contribution in [-0.4, -0.2) is 4.57 Å². The summed E-state index contributed by atoms with van der Waals surface area (Å²) in [6.45, 7) is 3.06. The first-order chi connectivity index (χ1) is 5.83. The van der Waals surface area contributed by atoms with Crippen molar-refractivity contribution >= 4 is 33.6 Å². The summed E-state index contributed by atoms with van der Waals surface area (Å²) in [5.41, 5.74) is 0. The molecular formula is C9H9NS2. The van der Waals surface area contributed by atoms with E-state index in [2.05, 4.69) is 35.2 Å². The van der Waals surface area contributed by atoms with E-state index in [0.29, 0.717) is 0 Å². The molecule has 2 aromatic heterocycles. The van der Waals surface area contributed by atoms with E-state index < -0.39 is 0 Å². The Kier molecular flexibility index (Phi) is 1.98. The highest BCUT2D eigenvalue weighted by Crippen LogP contribution is 2.21. The quantitative estimate of drug-likeness (QED) is 0.631. The summed E-state index contributed by atoms with van der Waals surface area (Å²) in [4.78, 5) is 0. The predicted molar refractivity (Wildman–Crippen MR) is 56.3 cm³/mol. The SMILES string of the molecule is CCn1ccc2ccsc2c1=S. The van der Waals surface area contributed by atoms with Crippen LogP contribution in [0.4, 0.5) is 0 Å². The van der Waals surface area contributed by atoms with Gasteiger partial charge in [0, 0.05) is 12.7 Å². The Balaban J connectivity index is 2.88. The molecule has 0 aromatic carbocycles. The van der Waals surface area contributed by atoms with Crippen LogP contribution in [-0.2, 0) is 6.54 Å². The average molecular weight is 195 g/mol. The van der Waals surface area contributed by atoms with Crippen molar-refractivity contribution in [3.8, 4) is 0 Å². The van der Waals surface area contributed by atoms with Crippen molar-refractivity contribution in [1.29, 1.82) is 0 Å². The van der Waals surface area contributed by atoms with E-state index in [0.717, 1.165) is 11.2 Å². The van der Waals surface area contributed by atoms with Gasteiger partial charge >= 0.3 is 0 Å². The van der Waals surface area contributed by atoms with Gasteiger partial charge in [-0.05, 0) is 29.8 Å². The van der Waals surface area contributed by atoms with Gasteiger partial charge in [0.25, 0.3) is 0 Å². The molecule has 0 aliphatic carbocycles. The maximum atomic E-state index is 5.32. The Morgan fingerprint density at radius 2 is 2.33 bits per heavy atom. The van der Waals surface area contributed by atoms with E-state index in [9.17, 15) is 0 Å². The van der Waals surface area contributed by atoms with Crippen LogP contribution in [0.15, 0.2) is 23.7 Å². The van der Waals surface area contributed by atoms with Gasteiger partial charge in [0.1, 0.15) is 4.64 Å². The summed E-state index contributed by atoms with van der Waals surface area (Å²) in [6.07, 6.45) is 2.05. The van der Waals surface area contributed by atoms with E-state index >= 15 is 0 Å². The number of hydrogen-bond donors (Lipinski definition) is 0. The minimum Gasteiger partial charge on any atom is -0.338 e. The average Bonchev–Trinajstić information content (AvgIpc) is 2.53. The number of aromatic nitrogens is 1. The van der Waals surface area contributed by atoms with Gasteiger partial charge in [-0.25, -0.2) is 0 Å². The van der Waals surface area contributed by atoms with Crippen LogP contribution in [0.25, 0.3) is 10.1 Å². The zero-order valence-corrected chi connectivity index (χ0v) is 8.41. The summed E-state index contributed by atoms with van der Waals surface area (Å²) < 4.78 is 4.29. The minimum absolute atomic E-state index is 0.951. The Morgan fingerprint density at radius 1 is 1.50 bits per heavy atom. The molecule has 0 amide bonds. The Hall–Kier alpha value is -0.670. The molecule has 0 saturated carbocycles. The van der Waals surface area contributed by atoms with Gasteiger partial charge in [0.15, 0.2) is 0 Å². The first-order valence-corrected chi connectivity index (χ1v) is 5.18. The molecular weight excluding hydrogens is 186 g/mol. The smallest absolute Gasteiger partial charge is 0.123 e. The number of rotatable bonds is 1. The normalized spacial score (nSPS) is 10.8. The summed E-state index contributed by atoms with van der Waals surface area (Å²) in [7, 11) is 0. The third-order valence-electron chi connectivity index (χ3n) is 1.93. The molecule has 62 valence electrons. The fourth-order valence-electron chi connectivity index (χ4n) is 1.24. The highest BCUT2D eigenvalue weighted by molar-refractivity contribution is 7.71. The summed E-state index contributed by atoms with van der Waals surface area (Å²) in [5.74, 6) is 0. The molecule has 0 saturated heterocycles. The Labute approximate surface area is 80.3 Å². The van der Waals surface area contributed by atoms with Crippen molar-refractivity contribution in [2.24, 2.45) is 0 Å². The largest absolute Gasteiger partial charge is 0.338 e. The predicted octanol–water partition coefficient (Wildman–Crippen LogP) is 3.45. The number of aryl methyl sites for hydroxylation is 1. The Morgan fingerprint density at radius 3 is 3.08 bits per heavy atom. The molecule has 2 aromatic rings. The standard InChI is InChI=1S/C9H9NS2/c1-2-10-5-3-7-4-6-12-8(7)9(10)11/h3-6H,2H2,1H3. The van der Waals surface area contributed by atoms with Gasteiger partial charge in [-0.1, -0.05) is 12.2 Å². The molecule has 0 aliphatic rings. The van der Waals surface area contributed by atoms with Crippen LogP contribution >= 0.6 is 23.6 Å². The molecule has 2 heterocycles. The lowest BCUT2D eigenvalue weighted by Crippen LogP contribution is -1.94. The number of pyridine rings is 1. The molecule has 0 unspecified atom stereocenters. The third-order valence-corrected chi connectivity index (χ3v) is 3.43. The maximum absolute atomic E-state index is 5.32. The first-order valence-electron chi connectivity index (χ1n) is 3.89. The van der Waals surface area contributed by atoms with Crippen LogP contribution in [0.2, 0.25) is 0 Å². The molecule has 2 rings (SSSR count). The van der Waals surface area contributed by atoms with E-state index in [1.165, 1.54) is 10.1 Å². The van der Waals surface area contributed by atoms with Crippen molar-refractivity contribution in [2.75, 3.05) is 0 Å². The summed E-state index contributed by atoms with van der Waals surface area (Å²) >= 11 is 7.04. The number of hydrogen-bond acceptors (Lipinski definition) is 2. The van der Waals surface area contributed by atoms with Gasteiger partial charge in [-0.15, -0.1) is 11.3 Å². The van der Waals surface area contributed by atoms with E-state index in [1.807, 2.05) is 0 Å². The molecule has 0 N–H and O–H groups in total. The van der Waals surface area contributed by atoms with Gasteiger partial charge in [-0.3, -0.25) is 0 Å². The summed E-state index contributed by atoms with van der Waals surface area (Å²) in [6, 6.07) is 4.22. The van der Waals surface area contributed by atoms with Crippen LogP contribution in [0.3, 0.4) is 0 Å². The lowest BCUT2D eigenvalue weighted by molar-refractivity contribution is 0.752. The molecule has 0 radical (unpaired) electrons. The highest BCUT2D eigenvalue weighted by Gasteiger charge is 1.97. The second-order valence-electron chi connectivity index (χ2n) is 2.61. The number of nitrogens with zero attached hydrogens (tertiary/aromatic N) is 1. The van der Waals surface area contributed by atoms with Gasteiger partial charge in [0.2, 0.25) is 0 Å². The molecule has 3 heteroatoms. The third kappa shape index (κ3) is 1.09. The first kappa shape index (κ1) is 7.95. The molecule has 12 heavy (non-hydrogen) atoms. The van der Waals surface area contributed by atoms with Crippen LogP contribution in [0.1, 0.15) is 6.92 Å². The molecule has 1 nitrogen and oxygen atoms in total. The zero-order valence-electron chi connectivity index (χ0n) is 6.78.